The molecule has 0 aliphatic heterocycles. The minimum Gasteiger partial charge on any atom is -0.382 e. The molecule has 2 aromatic heterocycles. The van der Waals surface area contributed by atoms with Gasteiger partial charge in [0.05, 0.1) is 24.8 Å². The second kappa shape index (κ2) is 6.88. The number of aryl methyl sites for hydroxylation is 2. The van der Waals surface area contributed by atoms with E-state index in [-0.39, 0.29) is 11.9 Å². The number of H-pyrrole nitrogens is 1. The van der Waals surface area contributed by atoms with Gasteiger partial charge in [0.25, 0.3) is 0 Å². The third-order valence-corrected chi connectivity index (χ3v) is 4.25. The smallest absolute Gasteiger partial charge is 0.225 e. The molecule has 0 radical (unpaired) electrons. The molecule has 2 heterocycles. The molecule has 0 bridgehead atoms. The van der Waals surface area contributed by atoms with Crippen molar-refractivity contribution in [2.75, 3.05) is 13.7 Å². The molecule has 3 rings (SSSR count). The predicted molar refractivity (Wildman–Crippen MR) is 92.7 cm³/mol. The first-order valence-corrected chi connectivity index (χ1v) is 7.92. The van der Waals surface area contributed by atoms with E-state index in [1.165, 1.54) is 0 Å². The van der Waals surface area contributed by atoms with E-state index in [1.807, 2.05) is 44.3 Å². The molecule has 1 atom stereocenters. The van der Waals surface area contributed by atoms with Gasteiger partial charge in [-0.25, -0.2) is 0 Å². The number of aromatic amines is 1. The summed E-state index contributed by atoms with van der Waals surface area (Å²) >= 11 is 0. The average Bonchev–Trinajstić information content (AvgIpc) is 3.11. The number of benzene rings is 1. The highest BCUT2D eigenvalue weighted by Gasteiger charge is 2.19. The van der Waals surface area contributed by atoms with E-state index >= 15 is 0 Å². The van der Waals surface area contributed by atoms with E-state index < -0.39 is 0 Å². The molecule has 6 nitrogen and oxygen atoms in total. The van der Waals surface area contributed by atoms with Crippen LogP contribution in [0.5, 0.6) is 0 Å². The van der Waals surface area contributed by atoms with Crippen LogP contribution in [0.3, 0.4) is 0 Å². The third kappa shape index (κ3) is 3.19. The number of carbonyl (C=O) groups is 1. The molecule has 0 fully saturated rings. The van der Waals surface area contributed by atoms with E-state index in [9.17, 15) is 4.79 Å². The molecule has 0 aliphatic rings. The molecular formula is C18H22N4O2. The van der Waals surface area contributed by atoms with Gasteiger partial charge in [-0.15, -0.1) is 0 Å². The highest BCUT2D eigenvalue weighted by molar-refractivity contribution is 5.90. The Morgan fingerprint density at radius 3 is 2.88 bits per heavy atom. The van der Waals surface area contributed by atoms with Crippen LogP contribution in [-0.4, -0.2) is 34.4 Å². The number of carbonyl (C=O) groups excluding carboxylic acids is 1. The van der Waals surface area contributed by atoms with Crippen molar-refractivity contribution < 1.29 is 9.53 Å². The largest absolute Gasteiger partial charge is 0.382 e. The van der Waals surface area contributed by atoms with Gasteiger partial charge >= 0.3 is 0 Å². The average molecular weight is 326 g/mol. The maximum absolute atomic E-state index is 12.6. The maximum atomic E-state index is 12.6. The first kappa shape index (κ1) is 16.3. The van der Waals surface area contributed by atoms with Crippen LogP contribution in [0.15, 0.2) is 36.5 Å². The van der Waals surface area contributed by atoms with Crippen molar-refractivity contribution in [1.29, 1.82) is 0 Å². The number of para-hydroxylation sites is 1. The van der Waals surface area contributed by atoms with Crippen LogP contribution in [0.2, 0.25) is 0 Å². The topological polar surface area (TPSA) is 71.9 Å². The predicted octanol–water partition coefficient (Wildman–Crippen LogP) is 2.26. The minimum atomic E-state index is -0.222. The zero-order valence-electron chi connectivity index (χ0n) is 14.2. The van der Waals surface area contributed by atoms with Crippen LogP contribution in [-0.2, 0) is 23.0 Å². The van der Waals surface area contributed by atoms with Gasteiger partial charge in [-0.05, 0) is 24.6 Å². The monoisotopic (exact) mass is 326 g/mol. The molecule has 2 N–H and O–H groups in total. The summed E-state index contributed by atoms with van der Waals surface area (Å²) in [5.41, 5.74) is 4.03. The number of aromatic nitrogens is 3. The van der Waals surface area contributed by atoms with Gasteiger partial charge in [-0.2, -0.15) is 5.10 Å². The normalized spacial score (nSPS) is 12.5. The Balaban J connectivity index is 1.78. The lowest BCUT2D eigenvalue weighted by Crippen LogP contribution is -2.33. The molecule has 1 aromatic carbocycles. The number of nitrogens with zero attached hydrogens (tertiary/aromatic N) is 2. The second-order valence-electron chi connectivity index (χ2n) is 5.91. The minimum absolute atomic E-state index is 0.0360. The summed E-state index contributed by atoms with van der Waals surface area (Å²) in [6.07, 6.45) is 2.04. The molecule has 0 spiro atoms. The molecule has 0 unspecified atom stereocenters. The van der Waals surface area contributed by atoms with E-state index in [0.29, 0.717) is 13.0 Å². The van der Waals surface area contributed by atoms with Gasteiger partial charge < -0.3 is 15.0 Å². The van der Waals surface area contributed by atoms with Gasteiger partial charge in [0, 0.05) is 37.0 Å². The fourth-order valence-corrected chi connectivity index (χ4v) is 3.06. The Bertz CT molecular complexity index is 850. The van der Waals surface area contributed by atoms with E-state index in [0.717, 1.165) is 27.9 Å². The summed E-state index contributed by atoms with van der Waals surface area (Å²) in [7, 11) is 3.48. The van der Waals surface area contributed by atoms with Crippen molar-refractivity contribution in [2.45, 2.75) is 19.4 Å². The second-order valence-corrected chi connectivity index (χ2v) is 5.91. The molecule has 1 amide bonds. The number of hydrogen-bond donors (Lipinski definition) is 2. The van der Waals surface area contributed by atoms with E-state index in [2.05, 4.69) is 15.4 Å². The van der Waals surface area contributed by atoms with Gasteiger partial charge in [-0.1, -0.05) is 18.2 Å². The molecule has 0 aliphatic carbocycles. The third-order valence-electron chi connectivity index (χ3n) is 4.25. The molecule has 126 valence electrons. The van der Waals surface area contributed by atoms with Crippen molar-refractivity contribution >= 4 is 16.8 Å². The van der Waals surface area contributed by atoms with Gasteiger partial charge in [0.1, 0.15) is 0 Å². The van der Waals surface area contributed by atoms with Crippen LogP contribution in [0.25, 0.3) is 10.9 Å². The summed E-state index contributed by atoms with van der Waals surface area (Å²) < 4.78 is 7.00. The van der Waals surface area contributed by atoms with Crippen molar-refractivity contribution in [3.8, 4) is 0 Å². The highest BCUT2D eigenvalue weighted by Crippen LogP contribution is 2.22. The van der Waals surface area contributed by atoms with Gasteiger partial charge in [-0.3, -0.25) is 9.48 Å². The SMILES string of the molecule is COC[C@H](NC(=O)Cc1c(C)[nH]c2ccccc12)c1ccnn1C. The van der Waals surface area contributed by atoms with Crippen LogP contribution in [0.4, 0.5) is 0 Å². The van der Waals surface area contributed by atoms with Crippen LogP contribution in [0.1, 0.15) is 23.0 Å². The number of ether oxygens (including phenoxy) is 1. The molecule has 24 heavy (non-hydrogen) atoms. The number of rotatable bonds is 6. The lowest BCUT2D eigenvalue weighted by Gasteiger charge is -2.18. The quantitative estimate of drug-likeness (QED) is 0.730. The number of amides is 1. The number of fused-ring (bicyclic) bond motifs is 1. The van der Waals surface area contributed by atoms with Gasteiger partial charge in [0.15, 0.2) is 0 Å². The van der Waals surface area contributed by atoms with Crippen LogP contribution in [0, 0.1) is 6.92 Å². The van der Waals surface area contributed by atoms with E-state index in [1.54, 1.807) is 18.0 Å². The first-order chi connectivity index (χ1) is 11.6. The summed E-state index contributed by atoms with van der Waals surface area (Å²) in [5.74, 6) is -0.0360. The highest BCUT2D eigenvalue weighted by atomic mass is 16.5. The van der Waals surface area contributed by atoms with Crippen molar-refractivity contribution in [3.05, 3.63) is 53.5 Å². The molecular weight excluding hydrogens is 304 g/mol. The zero-order chi connectivity index (χ0) is 17.1. The summed E-state index contributed by atoms with van der Waals surface area (Å²) in [4.78, 5) is 15.9. The van der Waals surface area contributed by atoms with Crippen LogP contribution >= 0.6 is 0 Å². The maximum Gasteiger partial charge on any atom is 0.225 e. The Morgan fingerprint density at radius 2 is 2.17 bits per heavy atom. The van der Waals surface area contributed by atoms with Crippen LogP contribution < -0.4 is 5.32 Å². The Kier molecular flexibility index (Phi) is 4.66. The summed E-state index contributed by atoms with van der Waals surface area (Å²) in [5, 5.41) is 8.31. The Hall–Kier alpha value is -2.60. The molecule has 3 aromatic rings. The molecule has 0 saturated carbocycles. The Labute approximate surface area is 140 Å². The first-order valence-electron chi connectivity index (χ1n) is 7.92. The summed E-state index contributed by atoms with van der Waals surface area (Å²) in [6.45, 7) is 2.40. The Morgan fingerprint density at radius 1 is 1.38 bits per heavy atom. The molecule has 0 saturated heterocycles. The fraction of sp³-hybridized carbons (Fsp3) is 0.333. The van der Waals surface area contributed by atoms with E-state index in [4.69, 9.17) is 4.74 Å². The number of hydrogen-bond acceptors (Lipinski definition) is 3. The standard InChI is InChI=1S/C18H22N4O2/c1-12-14(13-6-4-5-7-15(13)20-12)10-18(23)21-16(11-24-3)17-8-9-19-22(17)2/h4-9,16,20H,10-11H2,1-3H3,(H,21,23)/t16-/m0/s1. The number of methoxy groups -OCH3 is 1. The van der Waals surface area contributed by atoms with Crippen molar-refractivity contribution in [1.82, 2.24) is 20.1 Å². The van der Waals surface area contributed by atoms with Crippen molar-refractivity contribution in [3.63, 3.8) is 0 Å². The zero-order valence-corrected chi connectivity index (χ0v) is 14.2. The van der Waals surface area contributed by atoms with Crippen molar-refractivity contribution in [2.24, 2.45) is 7.05 Å². The molecule has 6 heteroatoms. The fourth-order valence-electron chi connectivity index (χ4n) is 3.06. The lowest BCUT2D eigenvalue weighted by atomic mass is 10.1. The van der Waals surface area contributed by atoms with Gasteiger partial charge in [0.2, 0.25) is 5.91 Å². The lowest BCUT2D eigenvalue weighted by molar-refractivity contribution is -0.121. The summed E-state index contributed by atoms with van der Waals surface area (Å²) in [6, 6.07) is 9.70. The number of nitrogens with one attached hydrogen (secondary N) is 2.